The Bertz CT molecular complexity index is 919. The van der Waals surface area contributed by atoms with Gasteiger partial charge in [0, 0.05) is 37.5 Å². The molecule has 0 spiro atoms. The number of carboxylic acid groups (broad SMARTS) is 1. The summed E-state index contributed by atoms with van der Waals surface area (Å²) in [7, 11) is 3.37. The lowest BCUT2D eigenvalue weighted by atomic mass is 10.0. The van der Waals surface area contributed by atoms with E-state index in [1.807, 2.05) is 19.1 Å². The van der Waals surface area contributed by atoms with Crippen molar-refractivity contribution < 1.29 is 24.3 Å². The molecule has 4 amide bonds. The lowest BCUT2D eigenvalue weighted by Crippen LogP contribution is -2.55. The number of nitrogens with zero attached hydrogens (tertiary/aromatic N) is 2. The number of hydrogen-bond donors (Lipinski definition) is 3. The molecule has 0 fully saturated rings. The van der Waals surface area contributed by atoms with Crippen molar-refractivity contribution in [3.63, 3.8) is 0 Å². The summed E-state index contributed by atoms with van der Waals surface area (Å²) in [6, 6.07) is 1.88. The van der Waals surface area contributed by atoms with E-state index in [9.17, 15) is 19.2 Å². The minimum Gasteiger partial charge on any atom is -0.465 e. The van der Waals surface area contributed by atoms with Crippen molar-refractivity contribution in [3.05, 3.63) is 27.7 Å². The molecule has 0 saturated heterocycles. The van der Waals surface area contributed by atoms with Crippen molar-refractivity contribution >= 4 is 45.4 Å². The van der Waals surface area contributed by atoms with E-state index in [2.05, 4.69) is 26.6 Å². The third-order valence-corrected chi connectivity index (χ3v) is 6.17. The number of benzene rings is 1. The Balaban J connectivity index is 1.82. The number of carbonyl (C=O) groups is 4. The van der Waals surface area contributed by atoms with Gasteiger partial charge in [0.15, 0.2) is 0 Å². The predicted octanol–water partition coefficient (Wildman–Crippen LogP) is 1.66. The van der Waals surface area contributed by atoms with Crippen LogP contribution in [0.2, 0.25) is 0 Å². The Morgan fingerprint density at radius 1 is 1.29 bits per heavy atom. The monoisotopic (exact) mass is 494 g/mol. The van der Waals surface area contributed by atoms with E-state index >= 15 is 0 Å². The smallest absolute Gasteiger partial charge is 0.405 e. The first-order chi connectivity index (χ1) is 14.6. The zero-order chi connectivity index (χ0) is 22.9. The first-order valence-corrected chi connectivity index (χ1v) is 11.0. The van der Waals surface area contributed by atoms with Crippen LogP contribution in [0.4, 0.5) is 10.5 Å². The van der Waals surface area contributed by atoms with Gasteiger partial charge in [-0.25, -0.2) is 4.79 Å². The van der Waals surface area contributed by atoms with Gasteiger partial charge < -0.3 is 20.6 Å². The fourth-order valence-electron chi connectivity index (χ4n) is 4.15. The molecular formula is C21H27BrN4O5. The topological polar surface area (TPSA) is 119 Å². The predicted molar refractivity (Wildman–Crippen MR) is 118 cm³/mol. The van der Waals surface area contributed by atoms with Crippen molar-refractivity contribution in [2.75, 3.05) is 19.0 Å². The molecule has 2 heterocycles. The van der Waals surface area contributed by atoms with Gasteiger partial charge in [-0.15, -0.1) is 0 Å². The van der Waals surface area contributed by atoms with Crippen molar-refractivity contribution in [3.8, 4) is 0 Å². The molecule has 0 saturated carbocycles. The Hall–Kier alpha value is -2.62. The minimum atomic E-state index is -1.27. The molecule has 2 aliphatic heterocycles. The highest BCUT2D eigenvalue weighted by atomic mass is 79.9. The second-order valence-corrected chi connectivity index (χ2v) is 9.19. The van der Waals surface area contributed by atoms with Crippen LogP contribution in [0.15, 0.2) is 16.6 Å². The van der Waals surface area contributed by atoms with Crippen LogP contribution in [0.3, 0.4) is 0 Å². The van der Waals surface area contributed by atoms with Crippen molar-refractivity contribution in [1.29, 1.82) is 0 Å². The van der Waals surface area contributed by atoms with Crippen molar-refractivity contribution in [2.24, 2.45) is 0 Å². The van der Waals surface area contributed by atoms with Crippen LogP contribution in [-0.4, -0.2) is 66.0 Å². The van der Waals surface area contributed by atoms with E-state index in [0.29, 0.717) is 37.8 Å². The summed E-state index contributed by atoms with van der Waals surface area (Å²) < 4.78 is 0.856. The molecule has 1 aromatic rings. The fraction of sp³-hybridized carbons (Fsp3) is 0.524. The van der Waals surface area contributed by atoms with Crippen LogP contribution in [0.5, 0.6) is 0 Å². The van der Waals surface area contributed by atoms with Crippen LogP contribution in [0.1, 0.15) is 37.3 Å². The molecule has 168 valence electrons. The number of nitrogens with one attached hydrogen (secondary N) is 2. The number of amides is 4. The SMILES string of the molecule is CC(CCC(=O)N(C)C)NC(=O)[C@@H]1Cc2cc(Br)cc3c2N1C(=O)[C@@H](NC(=O)O)CC3. The number of rotatable bonds is 6. The zero-order valence-electron chi connectivity index (χ0n) is 17.8. The molecule has 31 heavy (non-hydrogen) atoms. The number of halogens is 1. The highest BCUT2D eigenvalue weighted by Gasteiger charge is 2.44. The zero-order valence-corrected chi connectivity index (χ0v) is 19.4. The van der Waals surface area contributed by atoms with Crippen molar-refractivity contribution in [2.45, 2.75) is 57.2 Å². The summed E-state index contributed by atoms with van der Waals surface area (Å²) in [6.45, 7) is 1.82. The lowest BCUT2D eigenvalue weighted by molar-refractivity contribution is -0.129. The molecule has 0 bridgehead atoms. The van der Waals surface area contributed by atoms with Crippen LogP contribution in [-0.2, 0) is 27.2 Å². The molecule has 3 rings (SSSR count). The third-order valence-electron chi connectivity index (χ3n) is 5.72. The average molecular weight is 495 g/mol. The van der Waals surface area contributed by atoms with Crippen LogP contribution in [0.25, 0.3) is 0 Å². The molecule has 3 atom stereocenters. The van der Waals surface area contributed by atoms with Gasteiger partial charge in [0.2, 0.25) is 17.7 Å². The number of aryl methyl sites for hydroxylation is 1. The summed E-state index contributed by atoms with van der Waals surface area (Å²) in [5.41, 5.74) is 2.50. The summed E-state index contributed by atoms with van der Waals surface area (Å²) >= 11 is 3.49. The van der Waals surface area contributed by atoms with Crippen LogP contribution >= 0.6 is 15.9 Å². The number of anilines is 1. The maximum atomic E-state index is 13.2. The summed E-state index contributed by atoms with van der Waals surface area (Å²) in [5.74, 6) is -0.751. The molecule has 0 aliphatic carbocycles. The van der Waals surface area contributed by atoms with Crippen molar-refractivity contribution in [1.82, 2.24) is 15.5 Å². The maximum Gasteiger partial charge on any atom is 0.405 e. The van der Waals surface area contributed by atoms with Gasteiger partial charge in [-0.2, -0.15) is 0 Å². The van der Waals surface area contributed by atoms with Gasteiger partial charge >= 0.3 is 6.09 Å². The molecule has 9 nitrogen and oxygen atoms in total. The Morgan fingerprint density at radius 3 is 2.61 bits per heavy atom. The minimum absolute atomic E-state index is 0.0193. The van der Waals surface area contributed by atoms with Gasteiger partial charge in [0.25, 0.3) is 0 Å². The second kappa shape index (κ2) is 9.25. The van der Waals surface area contributed by atoms with Crippen LogP contribution in [0, 0.1) is 0 Å². The normalized spacial score (nSPS) is 20.5. The Labute approximate surface area is 189 Å². The summed E-state index contributed by atoms with van der Waals surface area (Å²) in [6.07, 6.45) is 0.710. The van der Waals surface area contributed by atoms with E-state index in [1.54, 1.807) is 14.1 Å². The molecule has 3 N–H and O–H groups in total. The Morgan fingerprint density at radius 2 is 1.97 bits per heavy atom. The van der Waals surface area contributed by atoms with Crippen LogP contribution < -0.4 is 15.5 Å². The highest BCUT2D eigenvalue weighted by molar-refractivity contribution is 9.10. The standard InChI is InChI=1S/C21H27BrN4O5/c1-11(4-7-17(27)25(2)3)23-19(28)16-10-13-9-14(22)8-12-5-6-15(24-21(30)31)20(29)26(16)18(12)13/h8-9,11,15-16,24H,4-7,10H2,1-3H3,(H,23,28)(H,30,31)/t11?,15-,16-/m0/s1. The molecule has 1 aromatic carbocycles. The highest BCUT2D eigenvalue weighted by Crippen LogP contribution is 2.41. The first kappa shape index (κ1) is 23.1. The molecule has 0 aromatic heterocycles. The molecule has 0 radical (unpaired) electrons. The molecule has 1 unspecified atom stereocenters. The Kier molecular flexibility index (Phi) is 6.88. The number of carbonyl (C=O) groups excluding carboxylic acids is 3. The number of hydrogen-bond acceptors (Lipinski definition) is 4. The van der Waals surface area contributed by atoms with Gasteiger partial charge in [-0.3, -0.25) is 19.3 Å². The van der Waals surface area contributed by atoms with Gasteiger partial charge in [0.1, 0.15) is 12.1 Å². The van der Waals surface area contributed by atoms with E-state index in [4.69, 9.17) is 5.11 Å². The maximum absolute atomic E-state index is 13.2. The van der Waals surface area contributed by atoms with E-state index in [0.717, 1.165) is 15.6 Å². The lowest BCUT2D eigenvalue weighted by Gasteiger charge is -2.28. The summed E-state index contributed by atoms with van der Waals surface area (Å²) in [4.78, 5) is 52.4. The van der Waals surface area contributed by atoms with Gasteiger partial charge in [-0.1, -0.05) is 15.9 Å². The molecule has 2 aliphatic rings. The quantitative estimate of drug-likeness (QED) is 0.555. The molecule has 10 heteroatoms. The first-order valence-electron chi connectivity index (χ1n) is 10.2. The second-order valence-electron chi connectivity index (χ2n) is 8.28. The summed E-state index contributed by atoms with van der Waals surface area (Å²) in [5, 5.41) is 14.4. The van der Waals surface area contributed by atoms with E-state index < -0.39 is 24.1 Å². The average Bonchev–Trinajstić information content (AvgIpc) is 3.01. The van der Waals surface area contributed by atoms with E-state index in [-0.39, 0.29) is 17.9 Å². The van der Waals surface area contributed by atoms with Gasteiger partial charge in [0.05, 0.1) is 5.69 Å². The third kappa shape index (κ3) is 5.00. The molecular weight excluding hydrogens is 468 g/mol. The largest absolute Gasteiger partial charge is 0.465 e. The van der Waals surface area contributed by atoms with Gasteiger partial charge in [-0.05, 0) is 49.4 Å². The fourth-order valence-corrected chi connectivity index (χ4v) is 4.70. The van der Waals surface area contributed by atoms with E-state index in [1.165, 1.54) is 9.80 Å².